The van der Waals surface area contributed by atoms with Gasteiger partial charge in [-0.15, -0.1) is 0 Å². The minimum atomic E-state index is -0.936. The highest BCUT2D eigenvalue weighted by atomic mass is 19.1. The van der Waals surface area contributed by atoms with Crippen LogP contribution < -0.4 is 10.1 Å². The lowest BCUT2D eigenvalue weighted by Crippen LogP contribution is -2.21. The van der Waals surface area contributed by atoms with Crippen LogP contribution in [0.1, 0.15) is 22.7 Å². The molecule has 2 aromatic carbocycles. The van der Waals surface area contributed by atoms with E-state index in [9.17, 15) is 13.2 Å². The van der Waals surface area contributed by atoms with Gasteiger partial charge in [0.25, 0.3) is 0 Å². The van der Waals surface area contributed by atoms with Gasteiger partial charge in [-0.3, -0.25) is 0 Å². The van der Waals surface area contributed by atoms with Crippen molar-refractivity contribution in [2.75, 3.05) is 14.2 Å². The Hall–Kier alpha value is -2.01. The average molecular weight is 295 g/mol. The Morgan fingerprint density at radius 3 is 2.14 bits per heavy atom. The number of rotatable bonds is 4. The highest BCUT2D eigenvalue weighted by Crippen LogP contribution is 2.30. The number of nitrogens with one attached hydrogen (secondary N) is 1. The number of aryl methyl sites for hydroxylation is 1. The first kappa shape index (κ1) is 15.4. The van der Waals surface area contributed by atoms with Crippen LogP contribution in [0.15, 0.2) is 30.3 Å². The highest BCUT2D eigenvalue weighted by Gasteiger charge is 2.22. The summed E-state index contributed by atoms with van der Waals surface area (Å²) in [6, 6.07) is 5.87. The van der Waals surface area contributed by atoms with Gasteiger partial charge in [-0.2, -0.15) is 0 Å². The van der Waals surface area contributed by atoms with E-state index in [4.69, 9.17) is 4.74 Å². The van der Waals surface area contributed by atoms with Crippen molar-refractivity contribution >= 4 is 0 Å². The first-order valence-corrected chi connectivity index (χ1v) is 6.44. The smallest absolute Gasteiger partial charge is 0.134 e. The predicted molar refractivity (Wildman–Crippen MR) is 74.9 cm³/mol. The van der Waals surface area contributed by atoms with Crippen LogP contribution in [0.5, 0.6) is 5.75 Å². The summed E-state index contributed by atoms with van der Waals surface area (Å²) in [5, 5.41) is 2.86. The molecule has 0 aliphatic rings. The second kappa shape index (κ2) is 6.18. The third-order valence-electron chi connectivity index (χ3n) is 3.37. The fourth-order valence-electron chi connectivity index (χ4n) is 2.39. The zero-order valence-corrected chi connectivity index (χ0v) is 12.0. The Labute approximate surface area is 121 Å². The maximum absolute atomic E-state index is 13.9. The SMILES string of the molecule is CNC(c1ccc(OC)c(C)c1)c1c(F)cc(F)cc1F. The maximum Gasteiger partial charge on any atom is 0.134 e. The topological polar surface area (TPSA) is 21.3 Å². The monoisotopic (exact) mass is 295 g/mol. The van der Waals surface area contributed by atoms with Crippen LogP contribution in [-0.2, 0) is 0 Å². The molecule has 21 heavy (non-hydrogen) atoms. The van der Waals surface area contributed by atoms with Gasteiger partial charge < -0.3 is 10.1 Å². The molecule has 0 aromatic heterocycles. The molecule has 0 radical (unpaired) electrons. The molecule has 2 nitrogen and oxygen atoms in total. The van der Waals surface area contributed by atoms with Crippen molar-refractivity contribution < 1.29 is 17.9 Å². The Bertz CT molecular complexity index is 635. The number of ether oxygens (including phenoxy) is 1. The molecule has 0 saturated heterocycles. The zero-order valence-electron chi connectivity index (χ0n) is 12.0. The molecule has 5 heteroatoms. The lowest BCUT2D eigenvalue weighted by molar-refractivity contribution is 0.411. The van der Waals surface area contributed by atoms with Gasteiger partial charge in [0.1, 0.15) is 23.2 Å². The summed E-state index contributed by atoms with van der Waals surface area (Å²) in [5.74, 6) is -2.08. The van der Waals surface area contributed by atoms with Crippen LogP contribution in [0.4, 0.5) is 13.2 Å². The van der Waals surface area contributed by atoms with Crippen LogP contribution >= 0.6 is 0 Å². The standard InChI is InChI=1S/C16H16F3NO/c1-9-6-10(4-5-14(9)21-3)16(20-2)15-12(18)7-11(17)8-13(15)19/h4-8,16,20H,1-3H3. The van der Waals surface area contributed by atoms with E-state index in [1.54, 1.807) is 32.4 Å². The molecular formula is C16H16F3NO. The van der Waals surface area contributed by atoms with E-state index in [1.807, 2.05) is 6.92 Å². The van der Waals surface area contributed by atoms with Crippen molar-refractivity contribution in [1.29, 1.82) is 0 Å². The van der Waals surface area contributed by atoms with E-state index in [0.717, 1.165) is 5.56 Å². The average Bonchev–Trinajstić information content (AvgIpc) is 2.42. The van der Waals surface area contributed by atoms with Crippen molar-refractivity contribution in [3.05, 3.63) is 64.5 Å². The van der Waals surface area contributed by atoms with Gasteiger partial charge in [-0.05, 0) is 31.2 Å². The van der Waals surface area contributed by atoms with Crippen molar-refractivity contribution in [3.63, 3.8) is 0 Å². The van der Waals surface area contributed by atoms with Crippen molar-refractivity contribution in [1.82, 2.24) is 5.32 Å². The van der Waals surface area contributed by atoms with Crippen molar-refractivity contribution in [2.45, 2.75) is 13.0 Å². The van der Waals surface area contributed by atoms with Crippen molar-refractivity contribution in [3.8, 4) is 5.75 Å². The van der Waals surface area contributed by atoms with Crippen molar-refractivity contribution in [2.24, 2.45) is 0 Å². The molecule has 0 aliphatic heterocycles. The lowest BCUT2D eigenvalue weighted by atomic mass is 9.96. The van der Waals surface area contributed by atoms with Gasteiger partial charge in [0, 0.05) is 17.7 Å². The number of halogens is 3. The Balaban J connectivity index is 2.52. The second-order valence-corrected chi connectivity index (χ2v) is 4.73. The highest BCUT2D eigenvalue weighted by molar-refractivity contribution is 5.41. The Morgan fingerprint density at radius 2 is 1.67 bits per heavy atom. The van der Waals surface area contributed by atoms with Gasteiger partial charge in [-0.1, -0.05) is 12.1 Å². The molecule has 0 fully saturated rings. The van der Waals surface area contributed by atoms with Crippen LogP contribution in [0, 0.1) is 24.4 Å². The van der Waals surface area contributed by atoms with E-state index in [2.05, 4.69) is 5.32 Å². The minimum Gasteiger partial charge on any atom is -0.496 e. The third-order valence-corrected chi connectivity index (χ3v) is 3.37. The van der Waals surface area contributed by atoms with E-state index in [1.165, 1.54) is 0 Å². The third kappa shape index (κ3) is 3.03. The van der Waals surface area contributed by atoms with E-state index in [0.29, 0.717) is 23.4 Å². The lowest BCUT2D eigenvalue weighted by Gasteiger charge is -2.20. The zero-order chi connectivity index (χ0) is 15.6. The summed E-state index contributed by atoms with van der Waals surface area (Å²) in [4.78, 5) is 0. The molecule has 1 atom stereocenters. The molecule has 0 aliphatic carbocycles. The summed E-state index contributed by atoms with van der Waals surface area (Å²) < 4.78 is 46.1. The van der Waals surface area contributed by atoms with Gasteiger partial charge in [0.05, 0.1) is 13.2 Å². The summed E-state index contributed by atoms with van der Waals surface area (Å²) >= 11 is 0. The van der Waals surface area contributed by atoms with E-state index >= 15 is 0 Å². The molecule has 0 amide bonds. The number of hydrogen-bond acceptors (Lipinski definition) is 2. The normalized spacial score (nSPS) is 12.3. The Kier molecular flexibility index (Phi) is 4.53. The van der Waals surface area contributed by atoms with Crippen LogP contribution in [0.25, 0.3) is 0 Å². The van der Waals surface area contributed by atoms with Gasteiger partial charge >= 0.3 is 0 Å². The fraction of sp³-hybridized carbons (Fsp3) is 0.250. The van der Waals surface area contributed by atoms with Gasteiger partial charge in [0.15, 0.2) is 0 Å². The Morgan fingerprint density at radius 1 is 1.05 bits per heavy atom. The largest absolute Gasteiger partial charge is 0.496 e. The number of methoxy groups -OCH3 is 1. The molecule has 2 aromatic rings. The van der Waals surface area contributed by atoms with Crippen LogP contribution in [0.2, 0.25) is 0 Å². The minimum absolute atomic E-state index is 0.205. The van der Waals surface area contributed by atoms with Gasteiger partial charge in [0.2, 0.25) is 0 Å². The summed E-state index contributed by atoms with van der Waals surface area (Å²) in [6.45, 7) is 1.84. The first-order valence-electron chi connectivity index (χ1n) is 6.44. The molecule has 0 bridgehead atoms. The predicted octanol–water partition coefficient (Wildman–Crippen LogP) is 3.73. The summed E-state index contributed by atoms with van der Waals surface area (Å²) in [7, 11) is 3.14. The fourth-order valence-corrected chi connectivity index (χ4v) is 2.39. The summed E-state index contributed by atoms with van der Waals surface area (Å²) in [6.07, 6.45) is 0. The second-order valence-electron chi connectivity index (χ2n) is 4.73. The molecule has 2 rings (SSSR count). The summed E-state index contributed by atoms with van der Waals surface area (Å²) in [5.41, 5.74) is 1.31. The molecule has 1 unspecified atom stereocenters. The molecular weight excluding hydrogens is 279 g/mol. The molecule has 0 heterocycles. The quantitative estimate of drug-likeness (QED) is 0.928. The molecule has 1 N–H and O–H groups in total. The number of hydrogen-bond donors (Lipinski definition) is 1. The van der Waals surface area contributed by atoms with Gasteiger partial charge in [-0.25, -0.2) is 13.2 Å². The first-order chi connectivity index (χ1) is 9.97. The number of benzene rings is 2. The molecule has 0 saturated carbocycles. The van der Waals surface area contributed by atoms with Crippen LogP contribution in [-0.4, -0.2) is 14.2 Å². The maximum atomic E-state index is 13.9. The van der Waals surface area contributed by atoms with Crippen LogP contribution in [0.3, 0.4) is 0 Å². The van der Waals surface area contributed by atoms with E-state index in [-0.39, 0.29) is 5.56 Å². The van der Waals surface area contributed by atoms with E-state index < -0.39 is 23.5 Å². The molecule has 112 valence electrons. The molecule has 0 spiro atoms.